The minimum absolute atomic E-state index is 0.00927. The van der Waals surface area contributed by atoms with Crippen LogP contribution < -0.4 is 4.74 Å². The summed E-state index contributed by atoms with van der Waals surface area (Å²) in [5, 5.41) is 7.35. The lowest BCUT2D eigenvalue weighted by Gasteiger charge is -2.28. The van der Waals surface area contributed by atoms with Crippen LogP contribution in [0, 0.1) is 0 Å². The van der Waals surface area contributed by atoms with Gasteiger partial charge in [-0.3, -0.25) is 9.89 Å². The van der Waals surface area contributed by atoms with Crippen LogP contribution in [-0.2, 0) is 11.3 Å². The summed E-state index contributed by atoms with van der Waals surface area (Å²) >= 11 is 0. The second-order valence-electron chi connectivity index (χ2n) is 8.65. The number of ether oxygens (including phenoxy) is 2. The fourth-order valence-corrected chi connectivity index (χ4v) is 4.59. The van der Waals surface area contributed by atoms with Crippen LogP contribution in [0.2, 0.25) is 0 Å². The second kappa shape index (κ2) is 9.57. The zero-order valence-corrected chi connectivity index (χ0v) is 18.2. The van der Waals surface area contributed by atoms with Gasteiger partial charge in [-0.15, -0.1) is 0 Å². The molecule has 1 amide bonds. The van der Waals surface area contributed by atoms with Crippen LogP contribution in [0.5, 0.6) is 5.75 Å². The predicted octanol–water partition coefficient (Wildman–Crippen LogP) is 4.83. The summed E-state index contributed by atoms with van der Waals surface area (Å²) in [6, 6.07) is 20.2. The largest absolute Gasteiger partial charge is 0.488 e. The van der Waals surface area contributed by atoms with Gasteiger partial charge in [0.15, 0.2) is 0 Å². The van der Waals surface area contributed by atoms with Crippen LogP contribution in [-0.4, -0.2) is 46.4 Å². The number of nitrogens with zero attached hydrogens (tertiary/aromatic N) is 2. The number of carbonyl (C=O) groups is 1. The van der Waals surface area contributed by atoms with E-state index in [1.807, 2.05) is 53.4 Å². The Kier molecular flexibility index (Phi) is 6.21. The molecule has 1 aromatic heterocycles. The molecule has 3 aromatic rings. The highest BCUT2D eigenvalue weighted by atomic mass is 16.5. The van der Waals surface area contributed by atoms with Gasteiger partial charge < -0.3 is 14.4 Å². The Hall–Kier alpha value is -3.12. The third-order valence-electron chi connectivity index (χ3n) is 6.37. The van der Waals surface area contributed by atoms with Crippen LogP contribution >= 0.6 is 0 Å². The highest BCUT2D eigenvalue weighted by molar-refractivity contribution is 5.93. The first kappa shape index (κ1) is 20.8. The van der Waals surface area contributed by atoms with Crippen molar-refractivity contribution in [2.75, 3.05) is 13.2 Å². The number of rotatable bonds is 7. The summed E-state index contributed by atoms with van der Waals surface area (Å²) in [6.45, 7) is 2.00. The van der Waals surface area contributed by atoms with Gasteiger partial charge in [0.1, 0.15) is 17.5 Å². The number of aromatic nitrogens is 2. The topological polar surface area (TPSA) is 67.5 Å². The molecule has 5 rings (SSSR count). The predicted molar refractivity (Wildman–Crippen MR) is 122 cm³/mol. The Bertz CT molecular complexity index is 1020. The van der Waals surface area contributed by atoms with Crippen molar-refractivity contribution in [2.45, 2.75) is 50.8 Å². The molecule has 2 aromatic carbocycles. The van der Waals surface area contributed by atoms with Crippen molar-refractivity contribution in [3.8, 4) is 17.0 Å². The standard InChI is InChI=1S/C26H29N3O3/c30-26(25-16-24(27-28-25)20-6-2-1-3-7-20)29(21-8-4-5-9-21)17-19-10-12-22(13-11-19)32-23-14-15-31-18-23/h1-3,6-7,10-13,16,21,23H,4-5,8-9,14-15,17-18H2,(H,27,28). The van der Waals surface area contributed by atoms with E-state index < -0.39 is 0 Å². The van der Waals surface area contributed by atoms with Crippen molar-refractivity contribution >= 4 is 5.91 Å². The zero-order valence-electron chi connectivity index (χ0n) is 18.2. The summed E-state index contributed by atoms with van der Waals surface area (Å²) < 4.78 is 11.4. The molecule has 1 saturated carbocycles. The number of benzene rings is 2. The van der Waals surface area contributed by atoms with Crippen molar-refractivity contribution in [3.05, 3.63) is 71.9 Å². The lowest BCUT2D eigenvalue weighted by molar-refractivity contribution is 0.0658. The van der Waals surface area contributed by atoms with Crippen LogP contribution in [0.1, 0.15) is 48.2 Å². The number of carbonyl (C=O) groups excluding carboxylic acids is 1. The summed E-state index contributed by atoms with van der Waals surface area (Å²) in [7, 11) is 0. The van der Waals surface area contributed by atoms with Crippen molar-refractivity contribution < 1.29 is 14.3 Å². The number of H-pyrrole nitrogens is 1. The third-order valence-corrected chi connectivity index (χ3v) is 6.37. The summed E-state index contributed by atoms with van der Waals surface area (Å²) in [5.74, 6) is 0.860. The summed E-state index contributed by atoms with van der Waals surface area (Å²) in [5.41, 5.74) is 3.43. The monoisotopic (exact) mass is 431 g/mol. The Morgan fingerprint density at radius 3 is 2.56 bits per heavy atom. The normalized spacial score (nSPS) is 18.7. The molecular weight excluding hydrogens is 402 g/mol. The minimum atomic E-state index is 0.00927. The first-order valence-electron chi connectivity index (χ1n) is 11.5. The van der Waals surface area contributed by atoms with Crippen LogP contribution in [0.25, 0.3) is 11.3 Å². The van der Waals surface area contributed by atoms with E-state index in [4.69, 9.17) is 9.47 Å². The number of hydrogen-bond donors (Lipinski definition) is 1. The first-order valence-corrected chi connectivity index (χ1v) is 11.5. The van der Waals surface area contributed by atoms with Gasteiger partial charge in [0.25, 0.3) is 5.91 Å². The number of aromatic amines is 1. The average molecular weight is 432 g/mol. The van der Waals surface area contributed by atoms with E-state index in [0.29, 0.717) is 18.8 Å². The maximum absolute atomic E-state index is 13.5. The maximum Gasteiger partial charge on any atom is 0.272 e. The molecule has 0 radical (unpaired) electrons. The van der Waals surface area contributed by atoms with Gasteiger partial charge in [-0.25, -0.2) is 0 Å². The van der Waals surface area contributed by atoms with E-state index >= 15 is 0 Å². The van der Waals surface area contributed by atoms with Crippen molar-refractivity contribution in [2.24, 2.45) is 0 Å². The molecule has 1 aliphatic heterocycles. The van der Waals surface area contributed by atoms with Gasteiger partial charge in [-0.1, -0.05) is 55.3 Å². The average Bonchev–Trinajstić information content (AvgIpc) is 3.62. The highest BCUT2D eigenvalue weighted by Gasteiger charge is 2.29. The SMILES string of the molecule is O=C(c1cc(-c2ccccc2)n[nH]1)N(Cc1ccc(OC2CCOC2)cc1)C1CCCC1. The van der Waals surface area contributed by atoms with E-state index in [1.165, 1.54) is 12.8 Å². The number of amides is 1. The molecule has 1 N–H and O–H groups in total. The molecule has 1 atom stereocenters. The summed E-state index contributed by atoms with van der Waals surface area (Å²) in [6.07, 6.45) is 5.51. The van der Waals surface area contributed by atoms with Crippen molar-refractivity contribution in [3.63, 3.8) is 0 Å². The van der Waals surface area contributed by atoms with Gasteiger partial charge in [-0.05, 0) is 36.6 Å². The highest BCUT2D eigenvalue weighted by Crippen LogP contribution is 2.28. The number of nitrogens with one attached hydrogen (secondary N) is 1. The second-order valence-corrected chi connectivity index (χ2v) is 8.65. The minimum Gasteiger partial charge on any atom is -0.488 e. The lowest BCUT2D eigenvalue weighted by atomic mass is 10.1. The third kappa shape index (κ3) is 4.70. The van der Waals surface area contributed by atoms with Gasteiger partial charge in [-0.2, -0.15) is 5.10 Å². The fourth-order valence-electron chi connectivity index (χ4n) is 4.59. The van der Waals surface area contributed by atoms with Gasteiger partial charge in [0.2, 0.25) is 0 Å². The molecule has 1 saturated heterocycles. The smallest absolute Gasteiger partial charge is 0.272 e. The van der Waals surface area contributed by atoms with Crippen molar-refractivity contribution in [1.29, 1.82) is 0 Å². The van der Waals surface area contributed by atoms with Gasteiger partial charge in [0, 0.05) is 24.6 Å². The van der Waals surface area contributed by atoms with Crippen LogP contribution in [0.15, 0.2) is 60.7 Å². The molecular formula is C26H29N3O3. The molecule has 6 heteroatoms. The quantitative estimate of drug-likeness (QED) is 0.582. The number of hydrogen-bond acceptors (Lipinski definition) is 4. The van der Waals surface area contributed by atoms with E-state index in [0.717, 1.165) is 48.4 Å². The molecule has 0 spiro atoms. The zero-order chi connectivity index (χ0) is 21.8. The van der Waals surface area contributed by atoms with Gasteiger partial charge in [0.05, 0.1) is 18.9 Å². The van der Waals surface area contributed by atoms with E-state index in [2.05, 4.69) is 22.3 Å². The molecule has 2 heterocycles. The molecule has 0 bridgehead atoms. The first-order chi connectivity index (χ1) is 15.8. The van der Waals surface area contributed by atoms with E-state index in [-0.39, 0.29) is 18.1 Å². The Morgan fingerprint density at radius 1 is 1.06 bits per heavy atom. The van der Waals surface area contributed by atoms with E-state index in [1.54, 1.807) is 0 Å². The Labute approximate surface area is 188 Å². The van der Waals surface area contributed by atoms with Crippen LogP contribution in [0.4, 0.5) is 0 Å². The molecule has 1 aliphatic carbocycles. The Morgan fingerprint density at radius 2 is 1.84 bits per heavy atom. The maximum atomic E-state index is 13.5. The van der Waals surface area contributed by atoms with Crippen LogP contribution in [0.3, 0.4) is 0 Å². The van der Waals surface area contributed by atoms with Gasteiger partial charge >= 0.3 is 0 Å². The Balaban J connectivity index is 1.31. The molecule has 6 nitrogen and oxygen atoms in total. The molecule has 32 heavy (non-hydrogen) atoms. The van der Waals surface area contributed by atoms with Crippen molar-refractivity contribution in [1.82, 2.24) is 15.1 Å². The van der Waals surface area contributed by atoms with E-state index in [9.17, 15) is 4.79 Å². The fraction of sp³-hybridized carbons (Fsp3) is 0.385. The molecule has 1 unspecified atom stereocenters. The summed E-state index contributed by atoms with van der Waals surface area (Å²) in [4.78, 5) is 15.5. The molecule has 2 aliphatic rings. The molecule has 2 fully saturated rings. The lowest BCUT2D eigenvalue weighted by Crippen LogP contribution is -2.38. The molecule has 166 valence electrons.